The summed E-state index contributed by atoms with van der Waals surface area (Å²) in [6.07, 6.45) is 0. The van der Waals surface area contributed by atoms with Gasteiger partial charge in [0.2, 0.25) is 0 Å². The van der Waals surface area contributed by atoms with Crippen LogP contribution in [0.3, 0.4) is 0 Å². The van der Waals surface area contributed by atoms with Crippen molar-refractivity contribution in [2.45, 2.75) is 6.92 Å². The molecule has 0 aliphatic carbocycles. The average molecular weight is 292 g/mol. The third-order valence-corrected chi connectivity index (χ3v) is 2.43. The zero-order valence-electron chi connectivity index (χ0n) is 12.1. The molecule has 21 heavy (non-hydrogen) atoms. The molecule has 1 aromatic carbocycles. The van der Waals surface area contributed by atoms with E-state index in [2.05, 4.69) is 11.9 Å². The van der Waals surface area contributed by atoms with Crippen LogP contribution in [0.2, 0.25) is 0 Å². The standard InChI is InChI=1S/C15H20N2O4/c1-11(2)9-20-8-7-17-14(18)10-21-13-6-4-3-5-12(13)15(16)19/h3-6H,1,7-10H2,2H3,(H2,16,19)(H,17,18). The first-order valence-corrected chi connectivity index (χ1v) is 6.51. The van der Waals surface area contributed by atoms with Gasteiger partial charge in [-0.1, -0.05) is 24.3 Å². The summed E-state index contributed by atoms with van der Waals surface area (Å²) in [5, 5.41) is 2.64. The first-order valence-electron chi connectivity index (χ1n) is 6.51. The van der Waals surface area contributed by atoms with Gasteiger partial charge in [-0.15, -0.1) is 0 Å². The molecule has 6 heteroatoms. The van der Waals surface area contributed by atoms with Crippen LogP contribution in [0.5, 0.6) is 5.75 Å². The van der Waals surface area contributed by atoms with Crippen LogP contribution in [0.1, 0.15) is 17.3 Å². The molecular formula is C15H20N2O4. The van der Waals surface area contributed by atoms with Crippen LogP contribution in [-0.4, -0.2) is 38.2 Å². The van der Waals surface area contributed by atoms with Crippen molar-refractivity contribution in [2.24, 2.45) is 5.73 Å². The van der Waals surface area contributed by atoms with Crippen molar-refractivity contribution >= 4 is 11.8 Å². The first-order chi connectivity index (χ1) is 10.0. The number of ether oxygens (including phenoxy) is 2. The Hall–Kier alpha value is -2.34. The van der Waals surface area contributed by atoms with Crippen molar-refractivity contribution in [2.75, 3.05) is 26.4 Å². The van der Waals surface area contributed by atoms with E-state index in [1.165, 1.54) is 0 Å². The van der Waals surface area contributed by atoms with Gasteiger partial charge in [-0.3, -0.25) is 9.59 Å². The molecule has 0 fully saturated rings. The van der Waals surface area contributed by atoms with Gasteiger partial charge in [-0.2, -0.15) is 0 Å². The maximum absolute atomic E-state index is 11.6. The Kier molecular flexibility index (Phi) is 6.97. The van der Waals surface area contributed by atoms with E-state index in [1.54, 1.807) is 24.3 Å². The molecule has 0 aromatic heterocycles. The van der Waals surface area contributed by atoms with Crippen molar-refractivity contribution in [1.29, 1.82) is 0 Å². The van der Waals surface area contributed by atoms with Crippen molar-refractivity contribution < 1.29 is 19.1 Å². The first kappa shape index (κ1) is 16.7. The van der Waals surface area contributed by atoms with Crippen molar-refractivity contribution in [1.82, 2.24) is 5.32 Å². The smallest absolute Gasteiger partial charge is 0.258 e. The lowest BCUT2D eigenvalue weighted by atomic mass is 10.2. The summed E-state index contributed by atoms with van der Waals surface area (Å²) in [6, 6.07) is 6.50. The van der Waals surface area contributed by atoms with Gasteiger partial charge in [0, 0.05) is 6.54 Å². The number of amides is 2. The molecule has 0 radical (unpaired) electrons. The highest BCUT2D eigenvalue weighted by molar-refractivity contribution is 5.95. The molecule has 1 rings (SSSR count). The molecule has 0 aliphatic rings. The quantitative estimate of drug-likeness (QED) is 0.522. The Balaban J connectivity index is 2.30. The average Bonchev–Trinajstić information content (AvgIpc) is 2.44. The maximum atomic E-state index is 11.6. The molecule has 0 saturated heterocycles. The van der Waals surface area contributed by atoms with E-state index < -0.39 is 5.91 Å². The molecule has 1 aromatic rings. The minimum absolute atomic E-state index is 0.190. The lowest BCUT2D eigenvalue weighted by Gasteiger charge is -2.10. The second-order valence-corrected chi connectivity index (χ2v) is 4.51. The van der Waals surface area contributed by atoms with Gasteiger partial charge in [0.25, 0.3) is 11.8 Å². The van der Waals surface area contributed by atoms with Crippen LogP contribution in [0.15, 0.2) is 36.4 Å². The van der Waals surface area contributed by atoms with Crippen molar-refractivity contribution in [3.8, 4) is 5.75 Å². The lowest BCUT2D eigenvalue weighted by molar-refractivity contribution is -0.123. The number of nitrogens with one attached hydrogen (secondary N) is 1. The molecule has 0 spiro atoms. The predicted molar refractivity (Wildman–Crippen MR) is 79.1 cm³/mol. The fourth-order valence-electron chi connectivity index (χ4n) is 1.50. The Morgan fingerprint density at radius 1 is 1.29 bits per heavy atom. The number of para-hydroxylation sites is 1. The Morgan fingerprint density at radius 3 is 2.67 bits per heavy atom. The van der Waals surface area contributed by atoms with Gasteiger partial charge in [-0.25, -0.2) is 0 Å². The lowest BCUT2D eigenvalue weighted by Crippen LogP contribution is -2.32. The van der Waals surface area contributed by atoms with Gasteiger partial charge in [-0.05, 0) is 19.1 Å². The number of hydrogen-bond acceptors (Lipinski definition) is 4. The van der Waals surface area contributed by atoms with E-state index in [4.69, 9.17) is 15.2 Å². The second kappa shape index (κ2) is 8.76. The van der Waals surface area contributed by atoms with E-state index in [1.807, 2.05) is 6.92 Å². The van der Waals surface area contributed by atoms with Gasteiger partial charge >= 0.3 is 0 Å². The molecule has 0 saturated carbocycles. The molecule has 0 aliphatic heterocycles. The minimum atomic E-state index is -0.598. The summed E-state index contributed by atoms with van der Waals surface area (Å²) in [4.78, 5) is 22.8. The fourth-order valence-corrected chi connectivity index (χ4v) is 1.50. The maximum Gasteiger partial charge on any atom is 0.258 e. The fraction of sp³-hybridized carbons (Fsp3) is 0.333. The highest BCUT2D eigenvalue weighted by Gasteiger charge is 2.09. The van der Waals surface area contributed by atoms with Gasteiger partial charge in [0.05, 0.1) is 18.8 Å². The largest absolute Gasteiger partial charge is 0.483 e. The van der Waals surface area contributed by atoms with Crippen LogP contribution in [0.4, 0.5) is 0 Å². The molecule has 0 heterocycles. The number of hydrogen-bond donors (Lipinski definition) is 2. The molecule has 0 unspecified atom stereocenters. The summed E-state index contributed by atoms with van der Waals surface area (Å²) in [5.74, 6) is -0.605. The highest BCUT2D eigenvalue weighted by atomic mass is 16.5. The van der Waals surface area contributed by atoms with E-state index >= 15 is 0 Å². The zero-order valence-corrected chi connectivity index (χ0v) is 12.1. The van der Waals surface area contributed by atoms with Crippen LogP contribution in [0, 0.1) is 0 Å². The molecule has 114 valence electrons. The number of nitrogens with two attached hydrogens (primary N) is 1. The second-order valence-electron chi connectivity index (χ2n) is 4.51. The Labute approximate surface area is 123 Å². The Bertz CT molecular complexity index is 514. The molecule has 0 atom stereocenters. The predicted octanol–water partition coefficient (Wildman–Crippen LogP) is 0.873. The SMILES string of the molecule is C=C(C)COCCNC(=O)COc1ccccc1C(N)=O. The van der Waals surface area contributed by atoms with E-state index in [0.717, 1.165) is 5.57 Å². The number of benzene rings is 1. The molecule has 2 amide bonds. The zero-order chi connectivity index (χ0) is 15.7. The van der Waals surface area contributed by atoms with Gasteiger partial charge in [0.15, 0.2) is 6.61 Å². The van der Waals surface area contributed by atoms with Crippen molar-refractivity contribution in [3.63, 3.8) is 0 Å². The number of carbonyl (C=O) groups excluding carboxylic acids is 2. The van der Waals surface area contributed by atoms with E-state index in [0.29, 0.717) is 25.5 Å². The van der Waals surface area contributed by atoms with Crippen LogP contribution >= 0.6 is 0 Å². The molecule has 3 N–H and O–H groups in total. The summed E-state index contributed by atoms with van der Waals surface area (Å²) >= 11 is 0. The normalized spacial score (nSPS) is 9.95. The van der Waals surface area contributed by atoms with Crippen molar-refractivity contribution in [3.05, 3.63) is 42.0 Å². The van der Waals surface area contributed by atoms with Crippen LogP contribution < -0.4 is 15.8 Å². The van der Waals surface area contributed by atoms with Crippen LogP contribution in [-0.2, 0) is 9.53 Å². The summed E-state index contributed by atoms with van der Waals surface area (Å²) < 4.78 is 10.5. The topological polar surface area (TPSA) is 90.7 Å². The highest BCUT2D eigenvalue weighted by Crippen LogP contribution is 2.16. The molecule has 0 bridgehead atoms. The van der Waals surface area contributed by atoms with Gasteiger partial charge in [0.1, 0.15) is 5.75 Å². The summed E-state index contributed by atoms with van der Waals surface area (Å²) in [6.45, 7) is 6.63. The number of primary amides is 1. The number of rotatable bonds is 9. The Morgan fingerprint density at radius 2 is 2.00 bits per heavy atom. The van der Waals surface area contributed by atoms with Gasteiger partial charge < -0.3 is 20.5 Å². The molecular weight excluding hydrogens is 272 g/mol. The van der Waals surface area contributed by atoms with Crippen LogP contribution in [0.25, 0.3) is 0 Å². The molecule has 6 nitrogen and oxygen atoms in total. The third-order valence-electron chi connectivity index (χ3n) is 2.43. The third kappa shape index (κ3) is 6.58. The summed E-state index contributed by atoms with van der Waals surface area (Å²) in [7, 11) is 0. The van der Waals surface area contributed by atoms with E-state index in [-0.39, 0.29) is 18.1 Å². The monoisotopic (exact) mass is 292 g/mol. The number of carbonyl (C=O) groups is 2. The summed E-state index contributed by atoms with van der Waals surface area (Å²) in [5.41, 5.74) is 6.39. The minimum Gasteiger partial charge on any atom is -0.483 e. The van der Waals surface area contributed by atoms with E-state index in [9.17, 15) is 9.59 Å².